The fourth-order valence-corrected chi connectivity index (χ4v) is 2.28. The summed E-state index contributed by atoms with van der Waals surface area (Å²) in [5.41, 5.74) is 7.17. The number of ether oxygens (including phenoxy) is 1. The zero-order valence-electron chi connectivity index (χ0n) is 10.8. The van der Waals surface area contributed by atoms with Gasteiger partial charge in [0.25, 0.3) is 0 Å². The number of benzene rings is 2. The van der Waals surface area contributed by atoms with E-state index in [4.69, 9.17) is 10.5 Å². The lowest BCUT2D eigenvalue weighted by Gasteiger charge is -2.08. The summed E-state index contributed by atoms with van der Waals surface area (Å²) in [6.45, 7) is 0. The van der Waals surface area contributed by atoms with Gasteiger partial charge in [-0.25, -0.2) is 4.39 Å². The van der Waals surface area contributed by atoms with Crippen LogP contribution in [0.3, 0.4) is 0 Å². The van der Waals surface area contributed by atoms with Gasteiger partial charge in [-0.3, -0.25) is 4.79 Å². The Kier molecular flexibility index (Phi) is 4.39. The van der Waals surface area contributed by atoms with E-state index in [1.165, 1.54) is 13.2 Å². The molecule has 2 rings (SSSR count). The van der Waals surface area contributed by atoms with Crippen molar-refractivity contribution in [1.29, 1.82) is 0 Å². The van der Waals surface area contributed by atoms with Gasteiger partial charge >= 0.3 is 0 Å². The van der Waals surface area contributed by atoms with E-state index in [9.17, 15) is 9.18 Å². The van der Waals surface area contributed by atoms with Crippen LogP contribution < -0.4 is 10.5 Å². The maximum atomic E-state index is 13.4. The van der Waals surface area contributed by atoms with Crippen molar-refractivity contribution >= 4 is 27.4 Å². The fourth-order valence-electron chi connectivity index (χ4n) is 1.87. The smallest absolute Gasteiger partial charge is 0.169 e. The second-order valence-electron chi connectivity index (χ2n) is 4.27. The molecule has 0 radical (unpaired) electrons. The summed E-state index contributed by atoms with van der Waals surface area (Å²) in [6.07, 6.45) is 0.0782. The lowest BCUT2D eigenvalue weighted by molar-refractivity contribution is 0.0993. The predicted octanol–water partition coefficient (Wildman–Crippen LogP) is 3.60. The van der Waals surface area contributed by atoms with Gasteiger partial charge in [0.2, 0.25) is 0 Å². The lowest BCUT2D eigenvalue weighted by atomic mass is 10.0. The van der Waals surface area contributed by atoms with Crippen molar-refractivity contribution < 1.29 is 13.9 Å². The van der Waals surface area contributed by atoms with Crippen molar-refractivity contribution in [1.82, 2.24) is 0 Å². The number of nitrogens with two attached hydrogens (primary N) is 1. The van der Waals surface area contributed by atoms with Crippen molar-refractivity contribution in [2.45, 2.75) is 6.42 Å². The van der Waals surface area contributed by atoms with Crippen molar-refractivity contribution in [3.63, 3.8) is 0 Å². The molecule has 0 saturated heterocycles. The van der Waals surface area contributed by atoms with Gasteiger partial charge in [0.1, 0.15) is 11.6 Å². The molecule has 0 unspecified atom stereocenters. The molecule has 2 aromatic carbocycles. The van der Waals surface area contributed by atoms with Crippen molar-refractivity contribution in [2.75, 3.05) is 12.8 Å². The number of hydrogen-bond acceptors (Lipinski definition) is 3. The number of Topliss-reactive ketones (excluding diaryl/α,β-unsaturated/α-hetero) is 1. The van der Waals surface area contributed by atoms with Crippen LogP contribution in [0.25, 0.3) is 0 Å². The number of ketones is 1. The molecule has 0 atom stereocenters. The van der Waals surface area contributed by atoms with Gasteiger partial charge in [-0.15, -0.1) is 0 Å². The van der Waals surface area contributed by atoms with Crippen LogP contribution in [-0.2, 0) is 6.42 Å². The molecule has 0 spiro atoms. The maximum Gasteiger partial charge on any atom is 0.169 e. The summed E-state index contributed by atoms with van der Waals surface area (Å²) in [7, 11) is 1.53. The predicted molar refractivity (Wildman–Crippen MR) is 79.5 cm³/mol. The molecule has 0 heterocycles. The first-order valence-corrected chi connectivity index (χ1v) is 6.72. The number of carbonyl (C=O) groups excluding carboxylic acids is 1. The number of nitrogen functional groups attached to an aromatic ring is 1. The average Bonchev–Trinajstić information content (AvgIpc) is 2.43. The van der Waals surface area contributed by atoms with E-state index in [-0.39, 0.29) is 12.2 Å². The van der Waals surface area contributed by atoms with E-state index in [0.29, 0.717) is 27.0 Å². The number of carbonyl (C=O) groups is 1. The Labute approximate surface area is 124 Å². The van der Waals surface area contributed by atoms with Gasteiger partial charge in [-0.05, 0) is 39.7 Å². The second-order valence-corrected chi connectivity index (χ2v) is 5.06. The highest BCUT2D eigenvalue weighted by Gasteiger charge is 2.14. The molecule has 5 heteroatoms. The topological polar surface area (TPSA) is 52.3 Å². The average molecular weight is 338 g/mol. The van der Waals surface area contributed by atoms with Gasteiger partial charge in [0.05, 0.1) is 11.6 Å². The van der Waals surface area contributed by atoms with Crippen LogP contribution in [0.15, 0.2) is 40.9 Å². The number of rotatable bonds is 4. The summed E-state index contributed by atoms with van der Waals surface area (Å²) < 4.78 is 18.8. The molecule has 2 aromatic rings. The van der Waals surface area contributed by atoms with Crippen molar-refractivity contribution in [3.05, 3.63) is 57.8 Å². The van der Waals surface area contributed by atoms with E-state index < -0.39 is 5.82 Å². The van der Waals surface area contributed by atoms with Crippen molar-refractivity contribution in [2.24, 2.45) is 0 Å². The second kappa shape index (κ2) is 6.05. The molecule has 104 valence electrons. The van der Waals surface area contributed by atoms with E-state index in [0.717, 1.165) is 0 Å². The van der Waals surface area contributed by atoms with E-state index >= 15 is 0 Å². The number of hydrogen-bond donors (Lipinski definition) is 1. The Morgan fingerprint density at radius 2 is 2.10 bits per heavy atom. The number of halogens is 2. The van der Waals surface area contributed by atoms with Gasteiger partial charge < -0.3 is 10.5 Å². The van der Waals surface area contributed by atoms with E-state index in [1.807, 2.05) is 0 Å². The third kappa shape index (κ3) is 2.99. The first-order chi connectivity index (χ1) is 9.52. The normalized spacial score (nSPS) is 10.3. The standard InChI is InChI=1S/C15H13BrFNO2/c1-20-10-5-6-11(13(18)8-10)14(19)7-9-3-2-4-12(17)15(9)16/h2-6,8H,7,18H2,1H3. The quantitative estimate of drug-likeness (QED) is 0.685. The molecule has 0 fully saturated rings. The molecule has 20 heavy (non-hydrogen) atoms. The third-order valence-corrected chi connectivity index (χ3v) is 3.83. The fraction of sp³-hybridized carbons (Fsp3) is 0.133. The molecule has 0 amide bonds. The van der Waals surface area contributed by atoms with Crippen LogP contribution in [-0.4, -0.2) is 12.9 Å². The molecule has 0 aliphatic rings. The third-order valence-electron chi connectivity index (χ3n) is 2.94. The van der Waals surface area contributed by atoms with E-state index in [2.05, 4.69) is 15.9 Å². The molecule has 0 aliphatic carbocycles. The van der Waals surface area contributed by atoms with Crippen LogP contribution in [0.4, 0.5) is 10.1 Å². The minimum atomic E-state index is -0.391. The molecule has 0 saturated carbocycles. The molecule has 2 N–H and O–H groups in total. The van der Waals surface area contributed by atoms with Gasteiger partial charge in [-0.2, -0.15) is 0 Å². The Hall–Kier alpha value is -1.88. The van der Waals surface area contributed by atoms with Gasteiger partial charge in [0.15, 0.2) is 5.78 Å². The molecule has 3 nitrogen and oxygen atoms in total. The van der Waals surface area contributed by atoms with Gasteiger partial charge in [-0.1, -0.05) is 12.1 Å². The summed E-state index contributed by atoms with van der Waals surface area (Å²) in [4.78, 5) is 12.2. The molecule has 0 aromatic heterocycles. The first-order valence-electron chi connectivity index (χ1n) is 5.92. The highest BCUT2D eigenvalue weighted by molar-refractivity contribution is 9.10. The molecular weight excluding hydrogens is 325 g/mol. The Morgan fingerprint density at radius 3 is 2.75 bits per heavy atom. The largest absolute Gasteiger partial charge is 0.497 e. The summed E-state index contributed by atoms with van der Waals surface area (Å²) in [5.74, 6) is 0.0282. The first kappa shape index (κ1) is 14.5. The van der Waals surface area contributed by atoms with Crippen LogP contribution in [0.2, 0.25) is 0 Å². The number of anilines is 1. The Bertz CT molecular complexity index is 658. The zero-order valence-corrected chi connectivity index (χ0v) is 12.4. The van der Waals surface area contributed by atoms with E-state index in [1.54, 1.807) is 30.3 Å². The zero-order chi connectivity index (χ0) is 14.7. The monoisotopic (exact) mass is 337 g/mol. The summed E-state index contributed by atoms with van der Waals surface area (Å²) >= 11 is 3.14. The lowest BCUT2D eigenvalue weighted by Crippen LogP contribution is -2.08. The van der Waals surface area contributed by atoms with Crippen LogP contribution in [0.5, 0.6) is 5.75 Å². The highest BCUT2D eigenvalue weighted by atomic mass is 79.9. The van der Waals surface area contributed by atoms with Crippen molar-refractivity contribution in [3.8, 4) is 5.75 Å². The summed E-state index contributed by atoms with van der Waals surface area (Å²) in [5, 5.41) is 0. The van der Waals surface area contributed by atoms with Crippen LogP contribution in [0, 0.1) is 5.82 Å². The Balaban J connectivity index is 2.26. The minimum absolute atomic E-state index is 0.0782. The highest BCUT2D eigenvalue weighted by Crippen LogP contribution is 2.24. The molecule has 0 bridgehead atoms. The molecule has 0 aliphatic heterocycles. The minimum Gasteiger partial charge on any atom is -0.497 e. The molecular formula is C15H13BrFNO2. The SMILES string of the molecule is COc1ccc(C(=O)Cc2cccc(F)c2Br)c(N)c1. The maximum absolute atomic E-state index is 13.4. The Morgan fingerprint density at radius 1 is 1.35 bits per heavy atom. The van der Waals surface area contributed by atoms with Crippen LogP contribution >= 0.6 is 15.9 Å². The van der Waals surface area contributed by atoms with Gasteiger partial charge in [0, 0.05) is 23.7 Å². The van der Waals surface area contributed by atoms with Crippen LogP contribution in [0.1, 0.15) is 15.9 Å². The number of methoxy groups -OCH3 is 1. The summed E-state index contributed by atoms with van der Waals surface area (Å²) in [6, 6.07) is 9.48.